The van der Waals surface area contributed by atoms with Gasteiger partial charge in [-0.25, -0.2) is 0 Å². The van der Waals surface area contributed by atoms with Crippen LogP contribution in [0.2, 0.25) is 0 Å². The van der Waals surface area contributed by atoms with Crippen molar-refractivity contribution in [1.82, 2.24) is 0 Å². The Hall–Kier alpha value is 1.61. The Morgan fingerprint density at radius 3 is 0.500 bits per heavy atom. The van der Waals surface area contributed by atoms with Crippen molar-refractivity contribution in [1.29, 1.82) is 0 Å². The van der Waals surface area contributed by atoms with E-state index in [4.69, 9.17) is 0 Å². The number of hydrogen-bond donors (Lipinski definition) is 0. The molecule has 0 fully saturated rings. The second kappa shape index (κ2) is 80.2. The molecule has 0 rings (SSSR count). The van der Waals surface area contributed by atoms with Gasteiger partial charge in [-0.15, -0.1) is 0 Å². The summed E-state index contributed by atoms with van der Waals surface area (Å²) in [6.45, 7) is 0. The topological polar surface area (TPSA) is 0 Å². The van der Waals surface area contributed by atoms with Gasteiger partial charge in [0, 0.05) is 48.2 Å². The van der Waals surface area contributed by atoms with Crippen molar-refractivity contribution in [2.24, 2.45) is 0 Å². The second-order valence-electron chi connectivity index (χ2n) is 0. The number of rotatable bonds is 0. The molecule has 0 aromatic carbocycles. The van der Waals surface area contributed by atoms with E-state index >= 15 is 0 Å². The van der Waals surface area contributed by atoms with Crippen molar-refractivity contribution in [3.8, 4) is 0 Å². The van der Waals surface area contributed by atoms with E-state index in [1.807, 2.05) is 0 Å². The third-order valence-corrected chi connectivity index (χ3v) is 0. The first-order valence-electron chi connectivity index (χ1n) is 0. The molecule has 0 aliphatic heterocycles. The molecule has 0 aromatic rings. The summed E-state index contributed by atoms with van der Waals surface area (Å²) in [5.41, 5.74) is 0. The van der Waals surface area contributed by atoms with Gasteiger partial charge < -0.3 is 0 Å². The summed E-state index contributed by atoms with van der Waals surface area (Å²) in [5.74, 6) is 0. The largest absolute Gasteiger partial charge is 0.0776 e. The van der Waals surface area contributed by atoms with Gasteiger partial charge >= 0.3 is 0 Å². The van der Waals surface area contributed by atoms with E-state index in [1.165, 1.54) is 0 Å². The van der Waals surface area contributed by atoms with Crippen LogP contribution >= 0.6 is 0 Å². The predicted molar refractivity (Wildman–Crippen MR) is 26.9 cm³/mol. The molecule has 0 N–H and O–H groups in total. The van der Waals surface area contributed by atoms with Gasteiger partial charge in [0.05, 0.1) is 0 Å². The summed E-state index contributed by atoms with van der Waals surface area (Å²) in [6, 6.07) is 0. The fraction of sp³-hybridized carbons (Fsp3) is 1.00. The molecule has 1 radical (unpaired) electrons. The fourth-order valence-corrected chi connectivity index (χ4v) is 0. The van der Waals surface area contributed by atoms with E-state index < -0.39 is 0 Å². The third-order valence-electron chi connectivity index (χ3n) is 0. The van der Waals surface area contributed by atoms with Crippen molar-refractivity contribution in [2.45, 2.75) is 29.7 Å². The Labute approximate surface area is 77.4 Å². The summed E-state index contributed by atoms with van der Waals surface area (Å²) in [5, 5.41) is 0. The van der Waals surface area contributed by atoms with E-state index in [0.717, 1.165) is 0 Å². The predicted octanol–water partition coefficient (Wildman–Crippen LogP) is 2.54. The van der Waals surface area contributed by atoms with Crippen LogP contribution in [0.15, 0.2) is 0 Å². The van der Waals surface area contributed by atoms with Crippen LogP contribution in [0.3, 0.4) is 0 Å². The van der Waals surface area contributed by atoms with Crippen molar-refractivity contribution >= 4 is 0 Å². The van der Waals surface area contributed by atoms with Crippen LogP contribution < -0.4 is 0 Å². The first-order chi connectivity index (χ1) is 0. The molecule has 0 atom stereocenters. The van der Waals surface area contributed by atoms with Gasteiger partial charge in [-0.2, -0.15) is 0 Å². The Morgan fingerprint density at radius 1 is 0.500 bits per heavy atom. The summed E-state index contributed by atoms with van der Waals surface area (Å²) < 4.78 is 0. The molecule has 0 aromatic heterocycles. The minimum Gasteiger partial charge on any atom is -0.0776 e. The minimum absolute atomic E-state index is 0. The summed E-state index contributed by atoms with van der Waals surface area (Å²) >= 11 is 0. The van der Waals surface area contributed by atoms with Crippen molar-refractivity contribution in [2.75, 3.05) is 0 Å². The molecule has 0 saturated carbocycles. The molecule has 0 nitrogen and oxygen atoms in total. The molecule has 0 spiro atoms. The van der Waals surface area contributed by atoms with Crippen LogP contribution in [0.25, 0.3) is 0 Å². The Balaban J connectivity index is 0. The van der Waals surface area contributed by atoms with Gasteiger partial charge in [0.2, 0.25) is 0 Å². The Bertz CT molecular complexity index is 7.51. The molecule has 0 saturated heterocycles. The number of hydrogen-bond acceptors (Lipinski definition) is 0. The van der Waals surface area contributed by atoms with Gasteiger partial charge in [-0.3, -0.25) is 0 Å². The molecule has 0 heterocycles. The van der Waals surface area contributed by atoms with Gasteiger partial charge in [0.25, 0.3) is 0 Å². The minimum atomic E-state index is 0. The van der Waals surface area contributed by atoms with E-state index in [0.29, 0.717) is 0 Å². The Morgan fingerprint density at radius 2 is 0.500 bits per heavy atom. The first kappa shape index (κ1) is 128. The molecule has 0 amide bonds. The molecule has 0 aliphatic rings. The quantitative estimate of drug-likeness (QED) is 0.526. The van der Waals surface area contributed by atoms with Gasteiger partial charge in [-0.05, 0) is 0 Å². The zero-order valence-electron chi connectivity index (χ0n) is 0.947. The van der Waals surface area contributed by atoms with E-state index in [9.17, 15) is 0 Å². The third kappa shape index (κ3) is 46.0. The van der Waals surface area contributed by atoms with Crippen LogP contribution in [-0.4, -0.2) is 0 Å². The van der Waals surface area contributed by atoms with E-state index in [-0.39, 0.29) is 77.9 Å². The van der Waals surface area contributed by atoms with Crippen LogP contribution in [0.4, 0.5) is 0 Å². The molecule has 41 valence electrons. The molecular weight excluding hydrogens is 407 g/mol. The molecule has 0 bridgehead atoms. The molecule has 0 aliphatic carbocycles. The van der Waals surface area contributed by atoms with Gasteiger partial charge in [0.1, 0.15) is 0 Å². The first-order valence-corrected chi connectivity index (χ1v) is 0. The maximum atomic E-state index is 0. The van der Waals surface area contributed by atoms with Gasteiger partial charge in [-0.1, -0.05) is 29.7 Å². The fourth-order valence-electron chi connectivity index (χ4n) is 0. The molecule has 0 unspecified atom stereocenters. The summed E-state index contributed by atoms with van der Waals surface area (Å²) in [7, 11) is 0. The van der Waals surface area contributed by atoms with Crippen molar-refractivity contribution in [3.05, 3.63) is 0 Å². The molecular formula is C4H16HfTa. The average molecular weight is 424 g/mol. The monoisotopic (exact) mass is 425 g/mol. The summed E-state index contributed by atoms with van der Waals surface area (Å²) in [6.07, 6.45) is 0. The van der Waals surface area contributed by atoms with Crippen LogP contribution in [-0.2, 0) is 48.2 Å². The van der Waals surface area contributed by atoms with Crippen LogP contribution in [0, 0.1) is 0 Å². The standard InChI is InChI=1S/4CH4.Hf.Ta/h4*1H4;;. The van der Waals surface area contributed by atoms with E-state index in [1.54, 1.807) is 0 Å². The van der Waals surface area contributed by atoms with Crippen LogP contribution in [0.5, 0.6) is 0 Å². The van der Waals surface area contributed by atoms with Gasteiger partial charge in [0.15, 0.2) is 0 Å². The van der Waals surface area contributed by atoms with Crippen molar-refractivity contribution < 1.29 is 48.2 Å². The maximum Gasteiger partial charge on any atom is 0 e. The van der Waals surface area contributed by atoms with Crippen LogP contribution in [0.1, 0.15) is 29.7 Å². The molecule has 6 heavy (non-hydrogen) atoms. The Kier molecular flexibility index (Phi) is 1710. The summed E-state index contributed by atoms with van der Waals surface area (Å²) in [4.78, 5) is 0. The van der Waals surface area contributed by atoms with E-state index in [2.05, 4.69) is 0 Å². The normalized spacial score (nSPS) is 0. The zero-order valence-corrected chi connectivity index (χ0v) is 7.75. The SMILES string of the molecule is C.C.C.C.[Hf].[Ta]. The maximum absolute atomic E-state index is 0. The average Bonchev–Trinajstić information content (AvgIpc) is 0. The smallest absolute Gasteiger partial charge is 0 e. The second-order valence-corrected chi connectivity index (χ2v) is 0. The van der Waals surface area contributed by atoms with Crippen molar-refractivity contribution in [3.63, 3.8) is 0 Å². The zero-order chi connectivity index (χ0) is 0. The molecule has 2 heteroatoms.